The molecule has 0 aliphatic rings. The van der Waals surface area contributed by atoms with E-state index in [9.17, 15) is 0 Å². The molecule has 18 heavy (non-hydrogen) atoms. The highest BCUT2D eigenvalue weighted by molar-refractivity contribution is 5.67. The zero-order valence-corrected chi connectivity index (χ0v) is 11.4. The molecular formula is C15H19NO2. The van der Waals surface area contributed by atoms with Gasteiger partial charge in [0.25, 0.3) is 0 Å². The molecule has 0 saturated carbocycles. The van der Waals surface area contributed by atoms with E-state index >= 15 is 0 Å². The maximum atomic E-state index is 5.58. The largest absolute Gasteiger partial charge is 0.374 e. The van der Waals surface area contributed by atoms with Crippen LogP contribution >= 0.6 is 0 Å². The first kappa shape index (κ1) is 12.8. The highest BCUT2D eigenvalue weighted by Crippen LogP contribution is 2.28. The molecule has 3 heteroatoms. The number of nitrogens with zero attached hydrogens (tertiary/aromatic N) is 1. The van der Waals surface area contributed by atoms with Crippen LogP contribution < -0.4 is 0 Å². The zero-order valence-electron chi connectivity index (χ0n) is 11.4. The van der Waals surface area contributed by atoms with Gasteiger partial charge in [0.15, 0.2) is 0 Å². The molecule has 0 amide bonds. The van der Waals surface area contributed by atoms with Crippen LogP contribution in [0.15, 0.2) is 28.8 Å². The van der Waals surface area contributed by atoms with Crippen molar-refractivity contribution in [3.05, 3.63) is 41.3 Å². The van der Waals surface area contributed by atoms with Crippen molar-refractivity contribution in [2.75, 3.05) is 6.61 Å². The molecule has 1 heterocycles. The van der Waals surface area contributed by atoms with Crippen LogP contribution in [-0.4, -0.2) is 11.8 Å². The van der Waals surface area contributed by atoms with E-state index < -0.39 is 0 Å². The van der Waals surface area contributed by atoms with Crippen LogP contribution in [0, 0.1) is 13.8 Å². The highest BCUT2D eigenvalue weighted by Gasteiger charge is 2.12. The van der Waals surface area contributed by atoms with Crippen molar-refractivity contribution < 1.29 is 9.26 Å². The second kappa shape index (κ2) is 5.36. The Morgan fingerprint density at radius 1 is 1.22 bits per heavy atom. The minimum absolute atomic E-state index is 0.133. The maximum Gasteiger partial charge on any atom is 0.141 e. The van der Waals surface area contributed by atoms with Crippen LogP contribution in [0.4, 0.5) is 0 Å². The summed E-state index contributed by atoms with van der Waals surface area (Å²) in [5.74, 6) is 0.859. The molecule has 96 valence electrons. The van der Waals surface area contributed by atoms with Crippen LogP contribution in [0.2, 0.25) is 0 Å². The van der Waals surface area contributed by atoms with Crippen molar-refractivity contribution in [1.82, 2.24) is 5.16 Å². The predicted molar refractivity (Wildman–Crippen MR) is 71.5 cm³/mol. The number of aromatic nitrogens is 1. The lowest BCUT2D eigenvalue weighted by atomic mass is 10.0. The molecule has 3 nitrogen and oxygen atoms in total. The fraction of sp³-hybridized carbons (Fsp3) is 0.400. The van der Waals surface area contributed by atoms with Crippen LogP contribution in [0.25, 0.3) is 11.1 Å². The maximum absolute atomic E-state index is 5.58. The third-order valence-corrected chi connectivity index (χ3v) is 3.12. The summed E-state index contributed by atoms with van der Waals surface area (Å²) < 4.78 is 10.8. The van der Waals surface area contributed by atoms with Crippen molar-refractivity contribution in [3.8, 4) is 11.1 Å². The second-order valence-corrected chi connectivity index (χ2v) is 4.42. The van der Waals surface area contributed by atoms with Crippen molar-refractivity contribution in [2.24, 2.45) is 0 Å². The predicted octanol–water partition coefficient (Wildman–Crippen LogP) is 4.06. The Balaban J connectivity index is 2.28. The lowest BCUT2D eigenvalue weighted by molar-refractivity contribution is 0.0764. The second-order valence-electron chi connectivity index (χ2n) is 4.42. The van der Waals surface area contributed by atoms with Crippen LogP contribution in [0.5, 0.6) is 0 Å². The Labute approximate surface area is 108 Å². The van der Waals surface area contributed by atoms with Gasteiger partial charge in [-0.3, -0.25) is 0 Å². The molecule has 0 bridgehead atoms. The SMILES string of the molecule is CCOC(C)c1ccc(-c2c(C)noc2C)cc1. The van der Waals surface area contributed by atoms with Gasteiger partial charge in [-0.15, -0.1) is 0 Å². The molecule has 0 spiro atoms. The van der Waals surface area contributed by atoms with Gasteiger partial charge in [-0.2, -0.15) is 0 Å². The van der Waals surface area contributed by atoms with E-state index in [4.69, 9.17) is 9.26 Å². The van der Waals surface area contributed by atoms with Crippen molar-refractivity contribution in [2.45, 2.75) is 33.8 Å². The summed E-state index contributed by atoms with van der Waals surface area (Å²) in [5.41, 5.74) is 4.34. The average Bonchev–Trinajstić information content (AvgIpc) is 2.70. The molecule has 2 aromatic rings. The first-order chi connectivity index (χ1) is 8.63. The summed E-state index contributed by atoms with van der Waals surface area (Å²) in [6.07, 6.45) is 0.133. The van der Waals surface area contributed by atoms with Crippen molar-refractivity contribution in [3.63, 3.8) is 0 Å². The first-order valence-electron chi connectivity index (χ1n) is 6.28. The van der Waals surface area contributed by atoms with Gasteiger partial charge in [0.1, 0.15) is 5.76 Å². The topological polar surface area (TPSA) is 35.3 Å². The number of hydrogen-bond donors (Lipinski definition) is 0. The number of ether oxygens (including phenoxy) is 1. The first-order valence-corrected chi connectivity index (χ1v) is 6.28. The molecule has 1 aromatic heterocycles. The van der Waals surface area contributed by atoms with Crippen LogP contribution in [-0.2, 0) is 4.74 Å². The van der Waals surface area contributed by atoms with Gasteiger partial charge in [0.05, 0.1) is 11.8 Å². The summed E-state index contributed by atoms with van der Waals surface area (Å²) in [6.45, 7) is 8.70. The van der Waals surface area contributed by atoms with E-state index in [0.29, 0.717) is 0 Å². The summed E-state index contributed by atoms with van der Waals surface area (Å²) in [5, 5.41) is 3.98. The van der Waals surface area contributed by atoms with Crippen molar-refractivity contribution >= 4 is 0 Å². The minimum atomic E-state index is 0.133. The Hall–Kier alpha value is -1.61. The zero-order chi connectivity index (χ0) is 13.1. The summed E-state index contributed by atoms with van der Waals surface area (Å²) in [4.78, 5) is 0. The Morgan fingerprint density at radius 3 is 2.39 bits per heavy atom. The van der Waals surface area contributed by atoms with Gasteiger partial charge < -0.3 is 9.26 Å². The Kier molecular flexibility index (Phi) is 3.82. The van der Waals surface area contributed by atoms with Crippen molar-refractivity contribution in [1.29, 1.82) is 0 Å². The smallest absolute Gasteiger partial charge is 0.141 e. The molecule has 0 aliphatic carbocycles. The summed E-state index contributed by atoms with van der Waals surface area (Å²) >= 11 is 0. The summed E-state index contributed by atoms with van der Waals surface area (Å²) in [7, 11) is 0. The van der Waals surface area contributed by atoms with Gasteiger partial charge >= 0.3 is 0 Å². The lowest BCUT2D eigenvalue weighted by Gasteiger charge is -2.12. The van der Waals surface area contributed by atoms with E-state index in [1.165, 1.54) is 5.56 Å². The number of hydrogen-bond acceptors (Lipinski definition) is 3. The summed E-state index contributed by atoms with van der Waals surface area (Å²) in [6, 6.07) is 8.39. The molecule has 2 rings (SSSR count). The normalized spacial score (nSPS) is 12.7. The van der Waals surface area contributed by atoms with E-state index in [2.05, 4.69) is 36.3 Å². The average molecular weight is 245 g/mol. The molecule has 0 fully saturated rings. The van der Waals surface area contributed by atoms with E-state index in [0.717, 1.165) is 29.2 Å². The molecular weight excluding hydrogens is 226 g/mol. The minimum Gasteiger partial charge on any atom is -0.374 e. The molecule has 0 saturated heterocycles. The third kappa shape index (κ3) is 2.46. The fourth-order valence-corrected chi connectivity index (χ4v) is 2.16. The Bertz CT molecular complexity index is 494. The lowest BCUT2D eigenvalue weighted by Crippen LogP contribution is -1.99. The molecule has 1 aromatic carbocycles. The van der Waals surface area contributed by atoms with E-state index in [1.54, 1.807) is 0 Å². The number of aryl methyl sites for hydroxylation is 2. The molecule has 0 N–H and O–H groups in total. The van der Waals surface area contributed by atoms with E-state index in [-0.39, 0.29) is 6.10 Å². The molecule has 1 atom stereocenters. The van der Waals surface area contributed by atoms with Gasteiger partial charge in [-0.05, 0) is 38.8 Å². The monoisotopic (exact) mass is 245 g/mol. The Morgan fingerprint density at radius 2 is 1.89 bits per heavy atom. The van der Waals surface area contributed by atoms with Gasteiger partial charge in [0.2, 0.25) is 0 Å². The van der Waals surface area contributed by atoms with Gasteiger partial charge in [-0.25, -0.2) is 0 Å². The number of rotatable bonds is 4. The fourth-order valence-electron chi connectivity index (χ4n) is 2.16. The van der Waals surface area contributed by atoms with Crippen LogP contribution in [0.3, 0.4) is 0 Å². The van der Waals surface area contributed by atoms with Crippen LogP contribution in [0.1, 0.15) is 37.0 Å². The third-order valence-electron chi connectivity index (χ3n) is 3.12. The molecule has 0 radical (unpaired) electrons. The van der Waals surface area contributed by atoms with E-state index in [1.807, 2.05) is 20.8 Å². The molecule has 0 aliphatic heterocycles. The molecule has 1 unspecified atom stereocenters. The standard InChI is InChI=1S/C15H19NO2/c1-5-17-11(3)13-6-8-14(9-7-13)15-10(2)16-18-12(15)4/h6-9,11H,5H2,1-4H3. The quantitative estimate of drug-likeness (QED) is 0.815. The van der Waals surface area contributed by atoms with Gasteiger partial charge in [-0.1, -0.05) is 29.4 Å². The van der Waals surface area contributed by atoms with Gasteiger partial charge in [0, 0.05) is 12.2 Å². The highest BCUT2D eigenvalue weighted by atomic mass is 16.5. The number of benzene rings is 1.